The molecular weight excluding hydrogens is 360 g/mol. The van der Waals surface area contributed by atoms with Gasteiger partial charge in [-0.05, 0) is 0 Å². The first-order valence-electron chi connectivity index (χ1n) is 9.47. The summed E-state index contributed by atoms with van der Waals surface area (Å²) in [7, 11) is 0.746. The van der Waals surface area contributed by atoms with Crippen molar-refractivity contribution in [3.05, 3.63) is 0 Å². The van der Waals surface area contributed by atoms with Crippen molar-refractivity contribution >= 4 is 10.2 Å². The third-order valence-corrected chi connectivity index (χ3v) is 17.0. The molecule has 0 amide bonds. The summed E-state index contributed by atoms with van der Waals surface area (Å²) >= 11 is -4.89. The van der Waals surface area contributed by atoms with Gasteiger partial charge in [-0.25, -0.2) is 0 Å². The van der Waals surface area contributed by atoms with E-state index in [0.717, 1.165) is 29.5 Å². The van der Waals surface area contributed by atoms with E-state index in [0.29, 0.717) is 6.61 Å². The quantitative estimate of drug-likeness (QED) is 0.557. The van der Waals surface area contributed by atoms with Crippen LogP contribution in [0.5, 0.6) is 0 Å². The van der Waals surface area contributed by atoms with Crippen molar-refractivity contribution in [2.75, 3.05) is 6.61 Å². The second-order valence-electron chi connectivity index (χ2n) is 8.11. The Labute approximate surface area is 154 Å². The molecule has 0 aromatic rings. The summed E-state index contributed by atoms with van der Waals surface area (Å²) in [5.74, 6) is 0. The normalized spacial score (nSPS) is 24.9. The number of ether oxygens (including phenoxy) is 1. The SMILES string of the molecule is CC(C)[O][Ti]([O]C(C)C)([O]C(C)C)([O]C(C)C)[C]1([SiH3])CCCCO1. The van der Waals surface area contributed by atoms with Gasteiger partial charge in [0, 0.05) is 0 Å². The van der Waals surface area contributed by atoms with Gasteiger partial charge in [-0.3, -0.25) is 0 Å². The van der Waals surface area contributed by atoms with Crippen LogP contribution in [0.4, 0.5) is 0 Å². The van der Waals surface area contributed by atoms with Gasteiger partial charge >= 0.3 is 154 Å². The van der Waals surface area contributed by atoms with Crippen LogP contribution in [0.1, 0.15) is 74.7 Å². The van der Waals surface area contributed by atoms with Gasteiger partial charge in [0.2, 0.25) is 0 Å². The molecule has 1 atom stereocenters. The maximum absolute atomic E-state index is 6.64. The first-order valence-corrected chi connectivity index (χ1v) is 13.8. The fourth-order valence-corrected chi connectivity index (χ4v) is 14.6. The zero-order valence-electron chi connectivity index (χ0n) is 17.2. The third-order valence-electron chi connectivity index (χ3n) is 4.09. The molecule has 0 radical (unpaired) electrons. The Bertz CT molecular complexity index is 343. The van der Waals surface area contributed by atoms with Gasteiger partial charge in [0.25, 0.3) is 0 Å². The summed E-state index contributed by atoms with van der Waals surface area (Å²) in [4.78, 5) is 0. The summed E-state index contributed by atoms with van der Waals surface area (Å²) in [6.45, 7) is 16.9. The van der Waals surface area contributed by atoms with Crippen molar-refractivity contribution < 1.29 is 34.9 Å². The van der Waals surface area contributed by atoms with Gasteiger partial charge in [-0.2, -0.15) is 0 Å². The molecule has 5 nitrogen and oxygen atoms in total. The molecular formula is C17H39O5SiTi. The summed E-state index contributed by atoms with van der Waals surface area (Å²) in [5.41, 5.74) is 0. The van der Waals surface area contributed by atoms with Gasteiger partial charge in [0.05, 0.1) is 0 Å². The number of hydrogen-bond donors (Lipinski definition) is 0. The van der Waals surface area contributed by atoms with Crippen LogP contribution >= 0.6 is 0 Å². The van der Waals surface area contributed by atoms with Gasteiger partial charge < -0.3 is 0 Å². The average Bonchev–Trinajstić information content (AvgIpc) is 2.35. The molecule has 145 valence electrons. The fraction of sp³-hybridized carbons (Fsp3) is 1.00. The first-order chi connectivity index (χ1) is 10.9. The molecule has 1 unspecified atom stereocenters. The minimum absolute atomic E-state index is 0.0606. The third kappa shape index (κ3) is 4.92. The Morgan fingerprint density at radius 3 is 1.38 bits per heavy atom. The monoisotopic (exact) mass is 399 g/mol. The molecule has 0 aromatic heterocycles. The Kier molecular flexibility index (Phi) is 8.17. The molecule has 1 rings (SSSR count). The Hall–Kier alpha value is 0.731. The van der Waals surface area contributed by atoms with Crippen molar-refractivity contribution in [2.45, 2.75) is 103 Å². The molecule has 24 heavy (non-hydrogen) atoms. The van der Waals surface area contributed by atoms with E-state index in [1.165, 1.54) is 0 Å². The van der Waals surface area contributed by atoms with E-state index in [1.807, 2.05) is 55.4 Å². The van der Waals surface area contributed by atoms with E-state index in [4.69, 9.17) is 18.0 Å². The molecule has 1 heterocycles. The van der Waals surface area contributed by atoms with Crippen molar-refractivity contribution in [1.82, 2.24) is 0 Å². The second-order valence-corrected chi connectivity index (χ2v) is 17.2. The van der Waals surface area contributed by atoms with E-state index in [-0.39, 0.29) is 24.4 Å². The van der Waals surface area contributed by atoms with E-state index >= 15 is 0 Å². The Balaban J connectivity index is 3.60. The predicted molar refractivity (Wildman–Crippen MR) is 97.4 cm³/mol. The van der Waals surface area contributed by atoms with Gasteiger partial charge in [-0.15, -0.1) is 0 Å². The van der Waals surface area contributed by atoms with Gasteiger partial charge in [-0.1, -0.05) is 0 Å². The van der Waals surface area contributed by atoms with Crippen molar-refractivity contribution in [1.29, 1.82) is 0 Å². The summed E-state index contributed by atoms with van der Waals surface area (Å²) in [5, 5.41) is 0. The van der Waals surface area contributed by atoms with Crippen LogP contribution in [-0.2, 0) is 34.9 Å². The van der Waals surface area contributed by atoms with Crippen molar-refractivity contribution in [3.63, 3.8) is 0 Å². The molecule has 0 spiro atoms. The second kappa shape index (κ2) is 8.61. The number of rotatable bonds is 9. The molecule has 1 saturated heterocycles. The van der Waals surface area contributed by atoms with Crippen LogP contribution in [0.2, 0.25) is 0 Å². The summed E-state index contributed by atoms with van der Waals surface area (Å²) in [6, 6.07) is 0. The zero-order valence-corrected chi connectivity index (χ0v) is 20.7. The predicted octanol–water partition coefficient (Wildman–Crippen LogP) is 3.26. The summed E-state index contributed by atoms with van der Waals surface area (Å²) < 4.78 is 32.4. The average molecular weight is 399 g/mol. The maximum atomic E-state index is 6.64. The van der Waals surface area contributed by atoms with E-state index in [9.17, 15) is 0 Å². The molecule has 0 saturated carbocycles. The van der Waals surface area contributed by atoms with Crippen LogP contribution in [0.15, 0.2) is 0 Å². The van der Waals surface area contributed by atoms with E-state index < -0.39 is 20.4 Å². The van der Waals surface area contributed by atoms with Crippen LogP contribution in [0.25, 0.3) is 0 Å². The van der Waals surface area contributed by atoms with Crippen molar-refractivity contribution in [3.8, 4) is 0 Å². The molecule has 0 bridgehead atoms. The standard InChI is InChI=1S/C5H11OSi.4C3H7O.Ti/c7-5-3-1-2-4-6-5;4*1-3(2)4;/h1-4H2,7H3;4*3H,1-2H3;/q;4*-1;+4. The van der Waals surface area contributed by atoms with Gasteiger partial charge in [0.1, 0.15) is 0 Å². The Morgan fingerprint density at radius 2 is 1.12 bits per heavy atom. The van der Waals surface area contributed by atoms with Gasteiger partial charge in [0.15, 0.2) is 0 Å². The van der Waals surface area contributed by atoms with Crippen molar-refractivity contribution in [2.24, 2.45) is 0 Å². The molecule has 0 aliphatic carbocycles. The van der Waals surface area contributed by atoms with Crippen LogP contribution in [0.3, 0.4) is 0 Å². The molecule has 1 aliphatic heterocycles. The Morgan fingerprint density at radius 1 is 0.750 bits per heavy atom. The van der Waals surface area contributed by atoms with E-state index in [1.54, 1.807) is 0 Å². The zero-order chi connectivity index (χ0) is 18.6. The molecule has 1 fully saturated rings. The number of hydrogen-bond acceptors (Lipinski definition) is 5. The summed E-state index contributed by atoms with van der Waals surface area (Å²) in [6.07, 6.45) is 2.80. The van der Waals surface area contributed by atoms with Crippen LogP contribution in [-0.4, -0.2) is 44.8 Å². The molecule has 1 aliphatic rings. The fourth-order valence-electron chi connectivity index (χ4n) is 3.55. The molecule has 7 heteroatoms. The molecule has 0 N–H and O–H groups in total. The minimum atomic E-state index is -4.89. The first kappa shape index (κ1) is 22.8. The van der Waals surface area contributed by atoms with Crippen LogP contribution in [0, 0.1) is 0 Å². The van der Waals surface area contributed by atoms with Crippen LogP contribution < -0.4 is 0 Å². The molecule has 0 aromatic carbocycles. The van der Waals surface area contributed by atoms with E-state index in [2.05, 4.69) is 0 Å². The topological polar surface area (TPSA) is 46.2 Å².